The van der Waals surface area contributed by atoms with Crippen LogP contribution in [-0.4, -0.2) is 25.7 Å². The second-order valence-electron chi connectivity index (χ2n) is 4.84. The average Bonchev–Trinajstić information content (AvgIpc) is 3.07. The van der Waals surface area contributed by atoms with E-state index >= 15 is 0 Å². The van der Waals surface area contributed by atoms with Crippen molar-refractivity contribution < 1.29 is 0 Å². The van der Waals surface area contributed by atoms with E-state index in [-0.39, 0.29) is 0 Å². The normalized spacial score (nSPS) is 11.5. The summed E-state index contributed by atoms with van der Waals surface area (Å²) in [7, 11) is 0. The Bertz CT molecular complexity index is 834. The van der Waals surface area contributed by atoms with E-state index in [1.54, 1.807) is 17.0 Å². The molecule has 0 aliphatic heterocycles. The predicted octanol–water partition coefficient (Wildman–Crippen LogP) is 3.87. The van der Waals surface area contributed by atoms with Gasteiger partial charge in [0.2, 0.25) is 0 Å². The number of aromatic nitrogens is 4. The van der Waals surface area contributed by atoms with Crippen LogP contribution in [0.2, 0.25) is 10.0 Å². The van der Waals surface area contributed by atoms with Gasteiger partial charge in [-0.2, -0.15) is 5.10 Å². The zero-order chi connectivity index (χ0) is 15.7. The van der Waals surface area contributed by atoms with Gasteiger partial charge in [-0.25, -0.2) is 4.68 Å². The minimum atomic E-state index is 0.608. The number of rotatable bonds is 3. The Morgan fingerprint density at radius 3 is 2.50 bits per heavy atom. The predicted molar refractivity (Wildman–Crippen MR) is 88.3 cm³/mol. The fraction of sp³-hybridized carbons (Fsp3) is 0.133. The Kier molecular flexibility index (Phi) is 4.00. The summed E-state index contributed by atoms with van der Waals surface area (Å²) in [6.45, 7) is 4.04. The molecular weight excluding hydrogens is 321 g/mol. The van der Waals surface area contributed by atoms with Crippen molar-refractivity contribution in [3.05, 3.63) is 63.9 Å². The third-order valence-electron chi connectivity index (χ3n) is 3.36. The van der Waals surface area contributed by atoms with E-state index in [1.165, 1.54) is 12.7 Å². The van der Waals surface area contributed by atoms with Gasteiger partial charge in [0.25, 0.3) is 0 Å². The molecule has 2 heterocycles. The summed E-state index contributed by atoms with van der Waals surface area (Å²) in [5, 5.41) is 12.9. The van der Waals surface area contributed by atoms with Crippen molar-refractivity contribution in [2.75, 3.05) is 0 Å². The molecule has 0 bridgehead atoms. The molecule has 1 aromatic carbocycles. The van der Waals surface area contributed by atoms with Crippen LogP contribution in [0.15, 0.2) is 42.0 Å². The van der Waals surface area contributed by atoms with Crippen molar-refractivity contribution in [3.63, 3.8) is 0 Å². The van der Waals surface area contributed by atoms with E-state index in [4.69, 9.17) is 23.2 Å². The number of hydrogen-bond acceptors (Lipinski definition) is 3. The maximum absolute atomic E-state index is 6.32. The van der Waals surface area contributed by atoms with Gasteiger partial charge in [-0.1, -0.05) is 23.2 Å². The number of halogens is 2. The second-order valence-corrected chi connectivity index (χ2v) is 5.69. The van der Waals surface area contributed by atoms with Gasteiger partial charge in [0.15, 0.2) is 0 Å². The number of hydrogen-bond donors (Lipinski definition) is 0. The first-order chi connectivity index (χ1) is 10.6. The van der Waals surface area contributed by atoms with E-state index in [9.17, 15) is 0 Å². The number of nitrogens with zero attached hydrogens (tertiary/aromatic N) is 5. The lowest BCUT2D eigenvalue weighted by molar-refractivity contribution is 0.877. The Balaban J connectivity index is 2.03. The van der Waals surface area contributed by atoms with Gasteiger partial charge in [0.1, 0.15) is 12.7 Å². The van der Waals surface area contributed by atoms with Gasteiger partial charge in [0.05, 0.1) is 16.9 Å². The quantitative estimate of drug-likeness (QED) is 0.683. The van der Waals surface area contributed by atoms with Crippen LogP contribution < -0.4 is 0 Å². The van der Waals surface area contributed by atoms with Crippen LogP contribution in [0.4, 0.5) is 0 Å². The average molecular weight is 334 g/mol. The van der Waals surface area contributed by atoms with E-state index in [1.807, 2.05) is 32.0 Å². The van der Waals surface area contributed by atoms with Crippen molar-refractivity contribution in [3.8, 4) is 5.69 Å². The molecule has 0 aliphatic rings. The Labute approximate surface area is 137 Å². The smallest absolute Gasteiger partial charge is 0.141 e. The summed E-state index contributed by atoms with van der Waals surface area (Å²) in [6, 6.07) is 7.52. The minimum absolute atomic E-state index is 0.608. The van der Waals surface area contributed by atoms with Gasteiger partial charge < -0.3 is 4.57 Å². The van der Waals surface area contributed by atoms with Crippen molar-refractivity contribution in [1.29, 1.82) is 0 Å². The minimum Gasteiger partial charge on any atom is -0.316 e. The van der Waals surface area contributed by atoms with E-state index in [0.717, 1.165) is 22.6 Å². The van der Waals surface area contributed by atoms with Gasteiger partial charge in [-0.15, -0.1) is 10.2 Å². The largest absolute Gasteiger partial charge is 0.316 e. The van der Waals surface area contributed by atoms with Crippen LogP contribution in [0, 0.1) is 13.8 Å². The Morgan fingerprint density at radius 2 is 1.82 bits per heavy atom. The van der Waals surface area contributed by atoms with Crippen molar-refractivity contribution >= 4 is 29.4 Å². The lowest BCUT2D eigenvalue weighted by Gasteiger charge is -2.11. The van der Waals surface area contributed by atoms with Crippen molar-refractivity contribution in [1.82, 2.24) is 19.4 Å². The molecule has 3 rings (SSSR count). The molecule has 3 aromatic rings. The summed E-state index contributed by atoms with van der Waals surface area (Å²) in [5.41, 5.74) is 3.99. The summed E-state index contributed by atoms with van der Waals surface area (Å²) >= 11 is 12.3. The van der Waals surface area contributed by atoms with Crippen LogP contribution in [-0.2, 0) is 0 Å². The summed E-state index contributed by atoms with van der Waals surface area (Å²) in [5.74, 6) is 0. The van der Waals surface area contributed by atoms with Crippen LogP contribution in [0.25, 0.3) is 5.69 Å². The number of benzene rings is 1. The molecule has 0 radical (unpaired) electrons. The fourth-order valence-corrected chi connectivity index (χ4v) is 2.83. The highest BCUT2D eigenvalue weighted by atomic mass is 35.5. The van der Waals surface area contributed by atoms with Crippen LogP contribution in [0.5, 0.6) is 0 Å². The zero-order valence-electron chi connectivity index (χ0n) is 12.0. The lowest BCUT2D eigenvalue weighted by Crippen LogP contribution is -2.00. The number of aryl methyl sites for hydroxylation is 1. The molecule has 112 valence electrons. The molecule has 7 heteroatoms. The first-order valence-corrected chi connectivity index (χ1v) is 7.35. The molecule has 0 amide bonds. The van der Waals surface area contributed by atoms with Gasteiger partial charge in [-0.3, -0.25) is 0 Å². The van der Waals surface area contributed by atoms with Crippen LogP contribution >= 0.6 is 23.2 Å². The third-order valence-corrected chi connectivity index (χ3v) is 3.90. The van der Waals surface area contributed by atoms with Gasteiger partial charge in [-0.05, 0) is 38.1 Å². The van der Waals surface area contributed by atoms with E-state index in [2.05, 4.69) is 19.9 Å². The SMILES string of the molecule is Cc1cc(/C=N/n2cnnc2)c(C)n1-c1ccc(Cl)cc1Cl. The molecule has 0 N–H and O–H groups in total. The fourth-order valence-electron chi connectivity index (χ4n) is 2.34. The molecule has 0 aliphatic carbocycles. The highest BCUT2D eigenvalue weighted by Crippen LogP contribution is 2.28. The Hall–Kier alpha value is -2.11. The third kappa shape index (κ3) is 2.77. The first kappa shape index (κ1) is 14.8. The monoisotopic (exact) mass is 333 g/mol. The van der Waals surface area contributed by atoms with Crippen molar-refractivity contribution in [2.24, 2.45) is 5.10 Å². The topological polar surface area (TPSA) is 48.0 Å². The highest BCUT2D eigenvalue weighted by molar-refractivity contribution is 6.35. The summed E-state index contributed by atoms with van der Waals surface area (Å²) < 4.78 is 3.62. The molecule has 0 spiro atoms. The van der Waals surface area contributed by atoms with Crippen molar-refractivity contribution in [2.45, 2.75) is 13.8 Å². The molecule has 5 nitrogen and oxygen atoms in total. The van der Waals surface area contributed by atoms with E-state index in [0.29, 0.717) is 10.0 Å². The van der Waals surface area contributed by atoms with Crippen LogP contribution in [0.3, 0.4) is 0 Å². The molecule has 0 saturated carbocycles. The zero-order valence-corrected chi connectivity index (χ0v) is 13.5. The van der Waals surface area contributed by atoms with Gasteiger partial charge >= 0.3 is 0 Å². The summed E-state index contributed by atoms with van der Waals surface area (Å²) in [4.78, 5) is 0. The molecule has 0 atom stereocenters. The lowest BCUT2D eigenvalue weighted by atomic mass is 10.2. The van der Waals surface area contributed by atoms with Crippen LogP contribution in [0.1, 0.15) is 17.0 Å². The van der Waals surface area contributed by atoms with E-state index < -0.39 is 0 Å². The Morgan fingerprint density at radius 1 is 1.09 bits per heavy atom. The molecule has 22 heavy (non-hydrogen) atoms. The highest BCUT2D eigenvalue weighted by Gasteiger charge is 2.12. The molecule has 0 fully saturated rings. The van der Waals surface area contributed by atoms with Gasteiger partial charge in [0, 0.05) is 22.0 Å². The molecular formula is C15H13Cl2N5. The first-order valence-electron chi connectivity index (χ1n) is 6.59. The maximum Gasteiger partial charge on any atom is 0.141 e. The molecule has 0 unspecified atom stereocenters. The maximum atomic E-state index is 6.32. The molecule has 2 aromatic heterocycles. The second kappa shape index (κ2) is 5.94. The summed E-state index contributed by atoms with van der Waals surface area (Å²) in [6.07, 6.45) is 4.84. The standard InChI is InChI=1S/C15H13Cl2N5/c1-10-5-12(7-20-21-8-18-19-9-21)11(2)22(10)15-4-3-13(16)6-14(15)17/h3-9H,1-2H3/b20-7+. The molecule has 0 saturated heterocycles.